The van der Waals surface area contributed by atoms with Crippen LogP contribution in [-0.4, -0.2) is 25.9 Å². The first-order valence-corrected chi connectivity index (χ1v) is 7.46. The smallest absolute Gasteiger partial charge is 0.164 e. The van der Waals surface area contributed by atoms with Crippen LogP contribution in [0.25, 0.3) is 0 Å². The van der Waals surface area contributed by atoms with Crippen LogP contribution in [-0.2, 0) is 5.72 Å². The molecule has 1 aliphatic rings. The number of ether oxygens (including phenoxy) is 2. The molecule has 116 valence electrons. The summed E-state index contributed by atoms with van der Waals surface area (Å²) in [4.78, 5) is 2.05. The minimum absolute atomic E-state index is 0.714. The molecule has 1 saturated heterocycles. The Morgan fingerprint density at radius 3 is 2.00 bits per heavy atom. The second kappa shape index (κ2) is 5.89. The van der Waals surface area contributed by atoms with Crippen molar-refractivity contribution in [2.45, 2.75) is 18.6 Å². The zero-order valence-corrected chi connectivity index (χ0v) is 13.0. The number of aliphatic hydroxyl groups is 1. The van der Waals surface area contributed by atoms with E-state index in [2.05, 4.69) is 0 Å². The summed E-state index contributed by atoms with van der Waals surface area (Å²) >= 11 is 0. The molecule has 1 N–H and O–H groups in total. The summed E-state index contributed by atoms with van der Waals surface area (Å²) in [5.74, 6) is 1.61. The van der Waals surface area contributed by atoms with Crippen LogP contribution in [0.4, 0.5) is 5.69 Å². The summed E-state index contributed by atoms with van der Waals surface area (Å²) in [5, 5.41) is 11.2. The largest absolute Gasteiger partial charge is 0.497 e. The molecule has 2 aromatic rings. The van der Waals surface area contributed by atoms with Crippen molar-refractivity contribution >= 4 is 5.69 Å². The molecule has 2 aromatic carbocycles. The Morgan fingerprint density at radius 2 is 1.45 bits per heavy atom. The number of rotatable bonds is 4. The molecule has 3 rings (SSSR count). The van der Waals surface area contributed by atoms with Gasteiger partial charge in [0.05, 0.1) is 14.2 Å². The van der Waals surface area contributed by atoms with E-state index < -0.39 is 5.72 Å². The highest BCUT2D eigenvalue weighted by Gasteiger charge is 2.40. The fourth-order valence-corrected chi connectivity index (χ4v) is 3.07. The number of hydrogen-bond acceptors (Lipinski definition) is 4. The van der Waals surface area contributed by atoms with Gasteiger partial charge in [0, 0.05) is 24.2 Å². The fourth-order valence-electron chi connectivity index (χ4n) is 3.07. The van der Waals surface area contributed by atoms with Crippen LogP contribution >= 0.6 is 0 Å². The molecule has 1 aliphatic heterocycles. The molecule has 0 spiro atoms. The van der Waals surface area contributed by atoms with Crippen molar-refractivity contribution in [1.29, 1.82) is 0 Å². The van der Waals surface area contributed by atoms with Gasteiger partial charge in [-0.05, 0) is 42.8 Å². The van der Waals surface area contributed by atoms with Crippen molar-refractivity contribution in [3.8, 4) is 11.5 Å². The van der Waals surface area contributed by atoms with Gasteiger partial charge in [0.2, 0.25) is 0 Å². The second-order valence-corrected chi connectivity index (χ2v) is 5.50. The number of methoxy groups -OCH3 is 2. The maximum Gasteiger partial charge on any atom is 0.164 e. The van der Waals surface area contributed by atoms with Crippen molar-refractivity contribution in [3.05, 3.63) is 54.1 Å². The van der Waals surface area contributed by atoms with E-state index in [9.17, 15) is 5.11 Å². The molecule has 1 unspecified atom stereocenters. The molecule has 0 aromatic heterocycles. The summed E-state index contributed by atoms with van der Waals surface area (Å²) in [6.45, 7) is 0.828. The van der Waals surface area contributed by atoms with Crippen LogP contribution in [0.5, 0.6) is 11.5 Å². The summed E-state index contributed by atoms with van der Waals surface area (Å²) in [5.41, 5.74) is 0.916. The zero-order valence-electron chi connectivity index (χ0n) is 13.0. The van der Waals surface area contributed by atoms with Gasteiger partial charge >= 0.3 is 0 Å². The predicted molar refractivity (Wildman–Crippen MR) is 86.5 cm³/mol. The predicted octanol–water partition coefficient (Wildman–Crippen LogP) is 3.15. The van der Waals surface area contributed by atoms with Crippen LogP contribution < -0.4 is 14.4 Å². The Hall–Kier alpha value is -2.20. The molecule has 0 bridgehead atoms. The minimum Gasteiger partial charge on any atom is -0.497 e. The molecule has 1 heterocycles. The van der Waals surface area contributed by atoms with E-state index in [4.69, 9.17) is 9.47 Å². The van der Waals surface area contributed by atoms with Crippen molar-refractivity contribution in [2.75, 3.05) is 25.7 Å². The average molecular weight is 299 g/mol. The van der Waals surface area contributed by atoms with Crippen LogP contribution in [0.3, 0.4) is 0 Å². The summed E-state index contributed by atoms with van der Waals surface area (Å²) < 4.78 is 10.4. The standard InChI is InChI=1S/C18H21NO3/c1-21-16-8-4-14(5-9-16)18(20)12-3-13-19(18)15-6-10-17(22-2)11-7-15/h4-11,20H,3,12-13H2,1-2H3. The van der Waals surface area contributed by atoms with E-state index in [1.165, 1.54) is 0 Å². The molecule has 0 saturated carbocycles. The third kappa shape index (κ3) is 2.50. The van der Waals surface area contributed by atoms with E-state index in [0.717, 1.165) is 35.7 Å². The van der Waals surface area contributed by atoms with E-state index in [1.54, 1.807) is 14.2 Å². The Morgan fingerprint density at radius 1 is 0.909 bits per heavy atom. The molecule has 22 heavy (non-hydrogen) atoms. The average Bonchev–Trinajstić information content (AvgIpc) is 2.98. The lowest BCUT2D eigenvalue weighted by atomic mass is 9.99. The first-order valence-electron chi connectivity index (χ1n) is 7.46. The van der Waals surface area contributed by atoms with E-state index in [-0.39, 0.29) is 0 Å². The SMILES string of the molecule is COc1ccc(N2CCCC2(O)c2ccc(OC)cc2)cc1. The maximum atomic E-state index is 11.2. The summed E-state index contributed by atoms with van der Waals surface area (Å²) in [7, 11) is 3.29. The highest BCUT2D eigenvalue weighted by molar-refractivity contribution is 5.53. The first kappa shape index (κ1) is 14.7. The van der Waals surface area contributed by atoms with E-state index in [1.807, 2.05) is 53.4 Å². The lowest BCUT2D eigenvalue weighted by Crippen LogP contribution is -2.41. The van der Waals surface area contributed by atoms with Crippen molar-refractivity contribution < 1.29 is 14.6 Å². The number of anilines is 1. The molecule has 0 amide bonds. The second-order valence-electron chi connectivity index (χ2n) is 5.50. The Balaban J connectivity index is 1.92. The molecule has 0 radical (unpaired) electrons. The quantitative estimate of drug-likeness (QED) is 0.941. The Kier molecular flexibility index (Phi) is 3.94. The lowest BCUT2D eigenvalue weighted by Gasteiger charge is -2.36. The van der Waals surface area contributed by atoms with Gasteiger partial charge in [0.15, 0.2) is 5.72 Å². The summed E-state index contributed by atoms with van der Waals surface area (Å²) in [6, 6.07) is 15.4. The first-order chi connectivity index (χ1) is 10.7. The lowest BCUT2D eigenvalue weighted by molar-refractivity contribution is 0.0479. The van der Waals surface area contributed by atoms with Gasteiger partial charge in [0.1, 0.15) is 11.5 Å². The van der Waals surface area contributed by atoms with E-state index in [0.29, 0.717) is 6.42 Å². The van der Waals surface area contributed by atoms with Gasteiger partial charge < -0.3 is 19.5 Å². The van der Waals surface area contributed by atoms with Gasteiger partial charge in [0.25, 0.3) is 0 Å². The van der Waals surface area contributed by atoms with Crippen LogP contribution in [0.2, 0.25) is 0 Å². The molecule has 4 nitrogen and oxygen atoms in total. The number of nitrogens with zero attached hydrogens (tertiary/aromatic N) is 1. The molecule has 1 fully saturated rings. The van der Waals surface area contributed by atoms with E-state index >= 15 is 0 Å². The normalized spacial score (nSPS) is 21.0. The highest BCUT2D eigenvalue weighted by atomic mass is 16.5. The molecule has 4 heteroatoms. The van der Waals surface area contributed by atoms with Gasteiger partial charge in [-0.2, -0.15) is 0 Å². The van der Waals surface area contributed by atoms with Crippen LogP contribution in [0, 0.1) is 0 Å². The van der Waals surface area contributed by atoms with Gasteiger partial charge in [-0.15, -0.1) is 0 Å². The summed E-state index contributed by atoms with van der Waals surface area (Å²) in [6.07, 6.45) is 1.67. The van der Waals surface area contributed by atoms with Crippen molar-refractivity contribution in [3.63, 3.8) is 0 Å². The van der Waals surface area contributed by atoms with Crippen LogP contribution in [0.15, 0.2) is 48.5 Å². The molecule has 0 aliphatic carbocycles. The van der Waals surface area contributed by atoms with Gasteiger partial charge in [-0.25, -0.2) is 0 Å². The topological polar surface area (TPSA) is 41.9 Å². The monoisotopic (exact) mass is 299 g/mol. The third-order valence-corrected chi connectivity index (χ3v) is 4.29. The van der Waals surface area contributed by atoms with Gasteiger partial charge in [-0.1, -0.05) is 12.1 Å². The fraction of sp³-hybridized carbons (Fsp3) is 0.333. The third-order valence-electron chi connectivity index (χ3n) is 4.29. The molecular formula is C18H21NO3. The zero-order chi connectivity index (χ0) is 15.6. The number of benzene rings is 2. The Labute approximate surface area is 130 Å². The maximum absolute atomic E-state index is 11.2. The Bertz CT molecular complexity index is 624. The molecular weight excluding hydrogens is 278 g/mol. The van der Waals surface area contributed by atoms with Gasteiger partial charge in [-0.3, -0.25) is 0 Å². The van der Waals surface area contributed by atoms with Crippen LogP contribution in [0.1, 0.15) is 18.4 Å². The molecule has 1 atom stereocenters. The minimum atomic E-state index is -0.971. The van der Waals surface area contributed by atoms with Crippen molar-refractivity contribution in [2.24, 2.45) is 0 Å². The number of hydrogen-bond donors (Lipinski definition) is 1. The highest BCUT2D eigenvalue weighted by Crippen LogP contribution is 2.40. The van der Waals surface area contributed by atoms with Crippen molar-refractivity contribution in [1.82, 2.24) is 0 Å².